The largest absolute Gasteiger partial charge is 0.472 e. The molecule has 5 aliphatic rings. The van der Waals surface area contributed by atoms with Gasteiger partial charge in [0.15, 0.2) is 11.9 Å². The minimum atomic E-state index is -1.78. The van der Waals surface area contributed by atoms with Crippen molar-refractivity contribution in [2.45, 2.75) is 93.3 Å². The van der Waals surface area contributed by atoms with Crippen LogP contribution in [0.15, 0.2) is 23.0 Å². The van der Waals surface area contributed by atoms with Gasteiger partial charge >= 0.3 is 11.9 Å². The summed E-state index contributed by atoms with van der Waals surface area (Å²) in [6, 6.07) is 1.79. The van der Waals surface area contributed by atoms with Crippen molar-refractivity contribution in [1.29, 1.82) is 0 Å². The van der Waals surface area contributed by atoms with Crippen LogP contribution in [0.3, 0.4) is 0 Å². The molecule has 13 atom stereocenters. The van der Waals surface area contributed by atoms with E-state index in [2.05, 4.69) is 6.92 Å². The number of aliphatic hydroxyl groups excluding tert-OH is 4. The molecule has 0 amide bonds. The normalized spacial score (nSPS) is 49.1. The summed E-state index contributed by atoms with van der Waals surface area (Å²) in [7, 11) is 0. The number of cyclic esters (lactones) is 1. The van der Waals surface area contributed by atoms with Gasteiger partial charge in [0.1, 0.15) is 36.6 Å². The van der Waals surface area contributed by atoms with E-state index in [4.69, 9.17) is 23.4 Å². The molecule has 5 fully saturated rings. The Morgan fingerprint density at radius 1 is 1.10 bits per heavy atom. The molecular formula is C28H38O12S. The van der Waals surface area contributed by atoms with Gasteiger partial charge in [-0.3, -0.25) is 4.79 Å². The van der Waals surface area contributed by atoms with Gasteiger partial charge in [-0.25, -0.2) is 4.79 Å². The molecule has 5 N–H and O–H groups in total. The minimum Gasteiger partial charge on any atom is -0.472 e. The Morgan fingerprint density at radius 2 is 1.88 bits per heavy atom. The Kier molecular flexibility index (Phi) is 7.50. The standard InChI is InChI=1S/C28H38O12S/c1-26-10-15(13-5-6-36-12-13)38-23(33)14(26)9-18-27(2)17(26)3-4-19(28(27,35)25(34)40-18)41-8-7-37-24-22(32)21(31)20(30)16(11-29)39-24/h5-6,12,14-22,24,29-32,35H,3-4,7-11H2,1-2H3/t14-,15+,16+,17+,18-,19-,20+,21-,22+,24+,26+,27-,28+/m0/s1. The zero-order valence-corrected chi connectivity index (χ0v) is 23.8. The molecule has 0 unspecified atom stereocenters. The molecule has 4 heterocycles. The quantitative estimate of drug-likeness (QED) is 0.213. The number of hydrogen-bond donors (Lipinski definition) is 5. The first-order valence-electron chi connectivity index (χ1n) is 14.2. The number of fused-ring (bicyclic) bond motifs is 2. The van der Waals surface area contributed by atoms with Crippen LogP contribution in [0.4, 0.5) is 0 Å². The summed E-state index contributed by atoms with van der Waals surface area (Å²) in [5.41, 5.74) is -2.47. The van der Waals surface area contributed by atoms with Gasteiger partial charge in [0.2, 0.25) is 0 Å². The van der Waals surface area contributed by atoms with E-state index in [1.807, 2.05) is 6.92 Å². The molecule has 3 aliphatic heterocycles. The van der Waals surface area contributed by atoms with E-state index in [0.717, 1.165) is 5.56 Å². The molecule has 12 nitrogen and oxygen atoms in total. The summed E-state index contributed by atoms with van der Waals surface area (Å²) in [6.45, 7) is 3.48. The number of rotatable bonds is 7. The van der Waals surface area contributed by atoms with Gasteiger partial charge in [0.05, 0.1) is 31.7 Å². The van der Waals surface area contributed by atoms with Gasteiger partial charge in [0.25, 0.3) is 0 Å². The fourth-order valence-electron chi connectivity index (χ4n) is 8.36. The third-order valence-electron chi connectivity index (χ3n) is 10.6. The van der Waals surface area contributed by atoms with Crippen LogP contribution in [0, 0.1) is 22.7 Å². The second-order valence-corrected chi connectivity index (χ2v) is 13.8. The molecule has 228 valence electrons. The molecule has 0 spiro atoms. The minimum absolute atomic E-state index is 0.0521. The molecular weight excluding hydrogens is 560 g/mol. The maximum absolute atomic E-state index is 13.4. The van der Waals surface area contributed by atoms with Crippen LogP contribution in [-0.4, -0.2) is 104 Å². The number of esters is 2. The predicted octanol–water partition coefficient (Wildman–Crippen LogP) is 0.285. The van der Waals surface area contributed by atoms with Crippen molar-refractivity contribution in [2.24, 2.45) is 22.7 Å². The van der Waals surface area contributed by atoms with Crippen LogP contribution in [0.2, 0.25) is 0 Å². The Balaban J connectivity index is 1.17. The van der Waals surface area contributed by atoms with Gasteiger partial charge < -0.3 is 48.9 Å². The highest BCUT2D eigenvalue weighted by atomic mass is 32.2. The van der Waals surface area contributed by atoms with Gasteiger partial charge in [0, 0.05) is 22.0 Å². The van der Waals surface area contributed by atoms with Crippen LogP contribution in [0.25, 0.3) is 0 Å². The first-order valence-corrected chi connectivity index (χ1v) is 15.2. The van der Waals surface area contributed by atoms with Gasteiger partial charge in [-0.15, -0.1) is 0 Å². The summed E-state index contributed by atoms with van der Waals surface area (Å²) in [5, 5.41) is 51.3. The summed E-state index contributed by atoms with van der Waals surface area (Å²) in [6.07, 6.45) is -2.82. The molecule has 0 aromatic carbocycles. The highest BCUT2D eigenvalue weighted by molar-refractivity contribution is 8.00. The molecule has 0 radical (unpaired) electrons. The predicted molar refractivity (Wildman–Crippen MR) is 140 cm³/mol. The topological polar surface area (TPSA) is 185 Å². The van der Waals surface area contributed by atoms with Crippen LogP contribution in [0.5, 0.6) is 0 Å². The van der Waals surface area contributed by atoms with E-state index in [9.17, 15) is 35.1 Å². The summed E-state index contributed by atoms with van der Waals surface area (Å²) in [4.78, 5) is 26.7. The molecule has 1 aromatic rings. The van der Waals surface area contributed by atoms with Gasteiger partial charge in [-0.05, 0) is 43.1 Å². The van der Waals surface area contributed by atoms with E-state index in [1.165, 1.54) is 11.8 Å². The molecule has 3 saturated heterocycles. The number of hydrogen-bond acceptors (Lipinski definition) is 13. The molecule has 6 rings (SSSR count). The van der Waals surface area contributed by atoms with Crippen molar-refractivity contribution < 1.29 is 58.5 Å². The lowest BCUT2D eigenvalue weighted by molar-refractivity contribution is -0.299. The van der Waals surface area contributed by atoms with E-state index < -0.39 is 83.1 Å². The lowest BCUT2D eigenvalue weighted by Gasteiger charge is -2.63. The molecule has 41 heavy (non-hydrogen) atoms. The Hall–Kier alpha value is -1.71. The third kappa shape index (κ3) is 4.22. The second-order valence-electron chi connectivity index (χ2n) is 12.5. The molecule has 1 aromatic heterocycles. The highest BCUT2D eigenvalue weighted by Gasteiger charge is 2.78. The Bertz CT molecular complexity index is 1150. The fourth-order valence-corrected chi connectivity index (χ4v) is 9.73. The Labute approximate surface area is 241 Å². The third-order valence-corrected chi connectivity index (χ3v) is 12.0. The van der Waals surface area contributed by atoms with Crippen molar-refractivity contribution in [3.63, 3.8) is 0 Å². The van der Waals surface area contributed by atoms with Gasteiger partial charge in [-0.2, -0.15) is 11.8 Å². The first kappa shape index (κ1) is 29.4. The van der Waals surface area contributed by atoms with Crippen molar-refractivity contribution in [3.05, 3.63) is 24.2 Å². The monoisotopic (exact) mass is 598 g/mol. The van der Waals surface area contributed by atoms with Crippen molar-refractivity contribution in [3.8, 4) is 0 Å². The zero-order valence-electron chi connectivity index (χ0n) is 23.0. The van der Waals surface area contributed by atoms with Crippen LogP contribution >= 0.6 is 11.8 Å². The number of ether oxygens (including phenoxy) is 4. The number of thioether (sulfide) groups is 1. The fraction of sp³-hybridized carbons (Fsp3) is 0.786. The highest BCUT2D eigenvalue weighted by Crippen LogP contribution is 2.70. The first-order chi connectivity index (χ1) is 19.5. The number of carbonyl (C=O) groups is 2. The zero-order chi connectivity index (χ0) is 29.3. The lowest BCUT2D eigenvalue weighted by Crippen LogP contribution is -2.69. The summed E-state index contributed by atoms with van der Waals surface area (Å²) < 4.78 is 27.9. The van der Waals surface area contributed by atoms with E-state index in [0.29, 0.717) is 25.0 Å². The molecule has 2 saturated carbocycles. The van der Waals surface area contributed by atoms with Crippen LogP contribution in [0.1, 0.15) is 51.2 Å². The SMILES string of the molecule is C[C@@]12C[C@H](c3ccoc3)OC(=O)[C@@H]1C[C@@H]1OC(=O)[C@]3(O)[C@@H](SCCO[C@@H]4O[C@H](CO)[C@@H](O)[C@H](O)[C@H]4O)CC[C@H]2[C@@]13C. The maximum atomic E-state index is 13.4. The van der Waals surface area contributed by atoms with Crippen LogP contribution < -0.4 is 0 Å². The van der Waals surface area contributed by atoms with E-state index >= 15 is 0 Å². The van der Waals surface area contributed by atoms with Crippen LogP contribution in [-0.2, 0) is 28.5 Å². The number of carbonyl (C=O) groups excluding carboxylic acids is 2. The molecule has 13 heteroatoms. The van der Waals surface area contributed by atoms with Crippen molar-refractivity contribution >= 4 is 23.7 Å². The number of aliphatic hydroxyl groups is 5. The summed E-state index contributed by atoms with van der Waals surface area (Å²) in [5.74, 6) is -1.31. The number of furan rings is 1. The average molecular weight is 599 g/mol. The van der Waals surface area contributed by atoms with E-state index in [-0.39, 0.29) is 24.9 Å². The smallest absolute Gasteiger partial charge is 0.340 e. The summed E-state index contributed by atoms with van der Waals surface area (Å²) >= 11 is 1.36. The van der Waals surface area contributed by atoms with Crippen molar-refractivity contribution in [1.82, 2.24) is 0 Å². The molecule has 2 aliphatic carbocycles. The molecule has 0 bridgehead atoms. The van der Waals surface area contributed by atoms with E-state index in [1.54, 1.807) is 18.6 Å². The maximum Gasteiger partial charge on any atom is 0.340 e. The van der Waals surface area contributed by atoms with Gasteiger partial charge in [-0.1, -0.05) is 13.8 Å². The Morgan fingerprint density at radius 3 is 2.59 bits per heavy atom. The second kappa shape index (κ2) is 10.5. The average Bonchev–Trinajstić information content (AvgIpc) is 3.54. The van der Waals surface area contributed by atoms with Crippen molar-refractivity contribution in [2.75, 3.05) is 19.0 Å². The lowest BCUT2D eigenvalue weighted by atomic mass is 9.42.